The third kappa shape index (κ3) is 7.91. The van der Waals surface area contributed by atoms with Crippen LogP contribution in [0.1, 0.15) is 59.3 Å². The molecular weight excluding hydrogens is 236 g/mol. The fourth-order valence-electron chi connectivity index (χ4n) is 2.68. The zero-order valence-corrected chi connectivity index (χ0v) is 13.3. The molecule has 0 aliphatic carbocycles. The minimum Gasteiger partial charge on any atom is -0.381 e. The maximum absolute atomic E-state index is 5.65. The fourth-order valence-corrected chi connectivity index (χ4v) is 2.68. The molecule has 1 rings (SSSR count). The van der Waals surface area contributed by atoms with Gasteiger partial charge in [-0.3, -0.25) is 0 Å². The van der Waals surface area contributed by atoms with Gasteiger partial charge in [0.15, 0.2) is 0 Å². The molecule has 3 heteroatoms. The summed E-state index contributed by atoms with van der Waals surface area (Å²) in [7, 11) is 0. The van der Waals surface area contributed by atoms with Crippen molar-refractivity contribution in [3.8, 4) is 0 Å². The number of unbranched alkanes of at least 4 members (excludes halogenated alkanes) is 1. The molecule has 0 bridgehead atoms. The second kappa shape index (κ2) is 10.6. The van der Waals surface area contributed by atoms with Gasteiger partial charge in [-0.05, 0) is 52.1 Å². The van der Waals surface area contributed by atoms with Crippen molar-refractivity contribution in [1.29, 1.82) is 0 Å². The molecule has 0 amide bonds. The molecule has 3 nitrogen and oxygen atoms in total. The first-order chi connectivity index (χ1) is 9.26. The molecule has 0 saturated carbocycles. The third-order valence-electron chi connectivity index (χ3n) is 4.09. The molecule has 1 N–H and O–H groups in total. The van der Waals surface area contributed by atoms with Crippen molar-refractivity contribution >= 4 is 0 Å². The van der Waals surface area contributed by atoms with Crippen molar-refractivity contribution in [1.82, 2.24) is 10.2 Å². The minimum absolute atomic E-state index is 0.661. The fraction of sp³-hybridized carbons (Fsp3) is 1.00. The summed E-state index contributed by atoms with van der Waals surface area (Å²) in [6.07, 6.45) is 7.42. The molecule has 0 aromatic carbocycles. The highest BCUT2D eigenvalue weighted by Crippen LogP contribution is 2.09. The largest absolute Gasteiger partial charge is 0.381 e. The van der Waals surface area contributed by atoms with Gasteiger partial charge in [-0.1, -0.05) is 20.3 Å². The van der Waals surface area contributed by atoms with E-state index in [2.05, 4.69) is 31.0 Å². The summed E-state index contributed by atoms with van der Waals surface area (Å²) < 4.78 is 5.65. The van der Waals surface area contributed by atoms with Gasteiger partial charge in [0, 0.05) is 31.8 Å². The molecule has 1 fully saturated rings. The van der Waals surface area contributed by atoms with Gasteiger partial charge in [-0.2, -0.15) is 0 Å². The van der Waals surface area contributed by atoms with Gasteiger partial charge >= 0.3 is 0 Å². The van der Waals surface area contributed by atoms with Crippen LogP contribution in [0, 0.1) is 0 Å². The molecule has 1 aliphatic rings. The van der Waals surface area contributed by atoms with E-state index in [1.165, 1.54) is 58.2 Å². The lowest BCUT2D eigenvalue weighted by molar-refractivity contribution is 0.114. The van der Waals surface area contributed by atoms with Gasteiger partial charge in [0.2, 0.25) is 0 Å². The van der Waals surface area contributed by atoms with Crippen molar-refractivity contribution in [3.05, 3.63) is 0 Å². The van der Waals surface area contributed by atoms with E-state index < -0.39 is 0 Å². The Morgan fingerprint density at radius 1 is 1.11 bits per heavy atom. The van der Waals surface area contributed by atoms with Crippen LogP contribution < -0.4 is 5.32 Å². The summed E-state index contributed by atoms with van der Waals surface area (Å²) in [5.41, 5.74) is 0. The van der Waals surface area contributed by atoms with Crippen molar-refractivity contribution in [2.45, 2.75) is 71.4 Å². The number of hydrogen-bond donors (Lipinski definition) is 1. The Labute approximate surface area is 120 Å². The van der Waals surface area contributed by atoms with Gasteiger partial charge in [-0.25, -0.2) is 0 Å². The van der Waals surface area contributed by atoms with Gasteiger partial charge in [0.05, 0.1) is 0 Å². The van der Waals surface area contributed by atoms with Gasteiger partial charge in [-0.15, -0.1) is 0 Å². The highest BCUT2D eigenvalue weighted by molar-refractivity contribution is 4.76. The van der Waals surface area contributed by atoms with Crippen LogP contribution in [0.5, 0.6) is 0 Å². The first-order valence-electron chi connectivity index (χ1n) is 8.32. The first-order valence-corrected chi connectivity index (χ1v) is 8.32. The molecule has 0 aromatic heterocycles. The second-order valence-corrected chi connectivity index (χ2v) is 5.91. The lowest BCUT2D eigenvalue weighted by Crippen LogP contribution is -2.44. The van der Waals surface area contributed by atoms with Gasteiger partial charge < -0.3 is 15.0 Å². The molecule has 1 heterocycles. The summed E-state index contributed by atoms with van der Waals surface area (Å²) >= 11 is 0. The predicted octanol–water partition coefficient (Wildman–Crippen LogP) is 3.05. The Balaban J connectivity index is 2.14. The summed E-state index contributed by atoms with van der Waals surface area (Å²) in [5, 5.41) is 3.73. The number of rotatable bonds is 8. The third-order valence-corrected chi connectivity index (χ3v) is 4.09. The van der Waals surface area contributed by atoms with Crippen LogP contribution in [0.15, 0.2) is 0 Å². The summed E-state index contributed by atoms with van der Waals surface area (Å²) in [6, 6.07) is 1.37. The second-order valence-electron chi connectivity index (χ2n) is 5.91. The predicted molar refractivity (Wildman–Crippen MR) is 82.7 cm³/mol. The van der Waals surface area contributed by atoms with E-state index in [1.807, 2.05) is 0 Å². The number of nitrogens with one attached hydrogen (secondary N) is 1. The van der Waals surface area contributed by atoms with Crippen molar-refractivity contribution in [2.24, 2.45) is 0 Å². The minimum atomic E-state index is 0.661. The Morgan fingerprint density at radius 3 is 2.58 bits per heavy atom. The van der Waals surface area contributed by atoms with Gasteiger partial charge in [0.1, 0.15) is 0 Å². The molecule has 1 aliphatic heterocycles. The van der Waals surface area contributed by atoms with Gasteiger partial charge in [0.25, 0.3) is 0 Å². The molecule has 2 unspecified atom stereocenters. The molecular formula is C16H34N2O. The van der Waals surface area contributed by atoms with Crippen LogP contribution in [-0.2, 0) is 4.74 Å². The van der Waals surface area contributed by atoms with Crippen LogP contribution in [0.25, 0.3) is 0 Å². The van der Waals surface area contributed by atoms with Crippen LogP contribution in [-0.4, -0.2) is 49.8 Å². The monoisotopic (exact) mass is 270 g/mol. The molecule has 0 radical (unpaired) electrons. The van der Waals surface area contributed by atoms with E-state index in [0.29, 0.717) is 12.1 Å². The first kappa shape index (κ1) is 16.9. The van der Waals surface area contributed by atoms with E-state index in [4.69, 9.17) is 4.74 Å². The van der Waals surface area contributed by atoms with Crippen molar-refractivity contribution in [2.75, 3.05) is 32.8 Å². The summed E-state index contributed by atoms with van der Waals surface area (Å²) in [4.78, 5) is 2.63. The zero-order valence-electron chi connectivity index (χ0n) is 13.3. The highest BCUT2D eigenvalue weighted by Gasteiger charge is 2.17. The van der Waals surface area contributed by atoms with Crippen molar-refractivity contribution < 1.29 is 4.74 Å². The van der Waals surface area contributed by atoms with E-state index in [-0.39, 0.29) is 0 Å². The Kier molecular flexibility index (Phi) is 9.48. The van der Waals surface area contributed by atoms with Crippen molar-refractivity contribution in [3.63, 3.8) is 0 Å². The van der Waals surface area contributed by atoms with E-state index in [9.17, 15) is 0 Å². The SMILES string of the molecule is CCCCOCCCN1CCC(C)NC(CC)CC1. The van der Waals surface area contributed by atoms with Crippen LogP contribution >= 0.6 is 0 Å². The molecule has 2 atom stereocenters. The average Bonchev–Trinajstić information content (AvgIpc) is 2.40. The Hall–Kier alpha value is -0.120. The van der Waals surface area contributed by atoms with Crippen LogP contribution in [0.2, 0.25) is 0 Å². The highest BCUT2D eigenvalue weighted by atomic mass is 16.5. The quantitative estimate of drug-likeness (QED) is 0.686. The molecule has 0 spiro atoms. The van der Waals surface area contributed by atoms with Crippen LogP contribution in [0.4, 0.5) is 0 Å². The maximum Gasteiger partial charge on any atom is 0.0478 e. The molecule has 1 saturated heterocycles. The topological polar surface area (TPSA) is 24.5 Å². The maximum atomic E-state index is 5.65. The van der Waals surface area contributed by atoms with E-state index >= 15 is 0 Å². The summed E-state index contributed by atoms with van der Waals surface area (Å²) in [5.74, 6) is 0. The Morgan fingerprint density at radius 2 is 1.84 bits per heavy atom. The normalized spacial score (nSPS) is 26.1. The number of ether oxygens (including phenoxy) is 1. The standard InChI is InChI=1S/C16H34N2O/c1-4-6-13-19-14-7-10-18-11-8-15(3)17-16(5-2)9-12-18/h15-17H,4-14H2,1-3H3. The Bertz CT molecular complexity index is 211. The zero-order chi connectivity index (χ0) is 13.9. The lowest BCUT2D eigenvalue weighted by atomic mass is 10.1. The molecule has 0 aromatic rings. The number of hydrogen-bond acceptors (Lipinski definition) is 3. The average molecular weight is 270 g/mol. The van der Waals surface area contributed by atoms with Crippen LogP contribution in [0.3, 0.4) is 0 Å². The smallest absolute Gasteiger partial charge is 0.0478 e. The number of nitrogens with zero attached hydrogens (tertiary/aromatic N) is 1. The summed E-state index contributed by atoms with van der Waals surface area (Å²) in [6.45, 7) is 12.4. The van der Waals surface area contributed by atoms with E-state index in [1.54, 1.807) is 0 Å². The molecule has 19 heavy (non-hydrogen) atoms. The lowest BCUT2D eigenvalue weighted by Gasteiger charge is -2.32. The van der Waals surface area contributed by atoms with E-state index in [0.717, 1.165) is 13.2 Å². The molecule has 114 valence electrons.